The third kappa shape index (κ3) is 7.25. The van der Waals surface area contributed by atoms with Gasteiger partial charge in [-0.05, 0) is 36.1 Å². The first-order valence-corrected chi connectivity index (χ1v) is 9.48. The van der Waals surface area contributed by atoms with Gasteiger partial charge in [0.15, 0.2) is 11.7 Å². The van der Waals surface area contributed by atoms with Crippen molar-refractivity contribution in [2.45, 2.75) is 6.92 Å². The number of nitrogens with two attached hydrogens (primary N) is 1. The molecule has 0 aliphatic rings. The molecule has 10 heteroatoms. The number of carbonyl (C=O) groups excluding carboxylic acids is 2. The fourth-order valence-electron chi connectivity index (χ4n) is 1.83. The molecule has 1 heterocycles. The number of thiophene rings is 1. The molecular formula is C15H17N3O5S2. The van der Waals surface area contributed by atoms with Gasteiger partial charge in [-0.25, -0.2) is 0 Å². The molecule has 134 valence electrons. The van der Waals surface area contributed by atoms with Crippen LogP contribution in [-0.4, -0.2) is 36.9 Å². The number of Topliss-reactive ketones (excluding diaryl/α,β-unsaturated/α-hetero) is 1. The Hall–Kier alpha value is -2.56. The molecule has 0 saturated carbocycles. The highest BCUT2D eigenvalue weighted by atomic mass is 32.2. The summed E-state index contributed by atoms with van der Waals surface area (Å²) in [6, 6.07) is 8.71. The largest absolute Gasteiger partial charge is 0.370 e. The number of rotatable bonds is 3. The van der Waals surface area contributed by atoms with Gasteiger partial charge in [-0.1, -0.05) is 12.1 Å². The molecule has 0 atom stereocenters. The zero-order valence-corrected chi connectivity index (χ0v) is 15.1. The minimum Gasteiger partial charge on any atom is -0.370 e. The molecule has 0 unspecified atom stereocenters. The van der Waals surface area contributed by atoms with E-state index >= 15 is 0 Å². The van der Waals surface area contributed by atoms with E-state index in [1.807, 2.05) is 17.5 Å². The second-order valence-electron chi connectivity index (χ2n) is 4.90. The van der Waals surface area contributed by atoms with E-state index in [1.54, 1.807) is 18.2 Å². The van der Waals surface area contributed by atoms with E-state index in [-0.39, 0.29) is 5.78 Å². The maximum Gasteiger partial charge on any atom is 0.261 e. The standard InChI is InChI=1S/C14H13N3O2S.CH4O3S/c1-8(18)12-11(5-6-20-12)9-3-2-4-10(7-9)13(19)17-14(15)16;1-5(2,3)4/h2-7H,1H3,(H4,15,16,17,19);1H3,(H,2,3,4). The van der Waals surface area contributed by atoms with E-state index in [0.29, 0.717) is 16.7 Å². The van der Waals surface area contributed by atoms with Crippen molar-refractivity contribution in [1.29, 1.82) is 5.41 Å². The number of amides is 1. The predicted octanol–water partition coefficient (Wildman–Crippen LogP) is 1.74. The average Bonchev–Trinajstić information content (AvgIpc) is 2.94. The first-order chi connectivity index (χ1) is 11.5. The lowest BCUT2D eigenvalue weighted by atomic mass is 10.0. The van der Waals surface area contributed by atoms with Crippen molar-refractivity contribution in [3.8, 4) is 11.1 Å². The molecule has 0 aliphatic carbocycles. The number of nitrogens with one attached hydrogen (secondary N) is 2. The Bertz CT molecular complexity index is 895. The van der Waals surface area contributed by atoms with Crippen molar-refractivity contribution in [2.24, 2.45) is 5.73 Å². The smallest absolute Gasteiger partial charge is 0.261 e. The molecule has 8 nitrogen and oxygen atoms in total. The number of ketones is 1. The molecule has 1 aromatic heterocycles. The van der Waals surface area contributed by atoms with E-state index in [9.17, 15) is 18.0 Å². The van der Waals surface area contributed by atoms with Gasteiger partial charge in [0.2, 0.25) is 0 Å². The average molecular weight is 383 g/mol. The molecule has 5 N–H and O–H groups in total. The Balaban J connectivity index is 0.000000550. The molecule has 1 aromatic carbocycles. The van der Waals surface area contributed by atoms with Crippen LogP contribution in [0.15, 0.2) is 35.7 Å². The third-order valence-electron chi connectivity index (χ3n) is 2.67. The highest BCUT2D eigenvalue weighted by molar-refractivity contribution is 7.85. The quantitative estimate of drug-likeness (QED) is 0.274. The van der Waals surface area contributed by atoms with Gasteiger partial charge in [0.25, 0.3) is 16.0 Å². The van der Waals surface area contributed by atoms with Gasteiger partial charge in [-0.3, -0.25) is 24.9 Å². The number of carbonyl (C=O) groups is 2. The first-order valence-electron chi connectivity index (χ1n) is 6.75. The minimum atomic E-state index is -3.67. The second-order valence-corrected chi connectivity index (χ2v) is 7.28. The summed E-state index contributed by atoms with van der Waals surface area (Å²) in [6.07, 6.45) is 0.715. The van der Waals surface area contributed by atoms with Gasteiger partial charge in [0, 0.05) is 11.1 Å². The maximum atomic E-state index is 11.8. The first kappa shape index (κ1) is 20.5. The fourth-order valence-corrected chi connectivity index (χ4v) is 2.65. The molecule has 0 spiro atoms. The molecule has 2 rings (SSSR count). The molecule has 0 radical (unpaired) electrons. The summed E-state index contributed by atoms with van der Waals surface area (Å²) in [5.74, 6) is -0.854. The van der Waals surface area contributed by atoms with E-state index in [1.165, 1.54) is 18.3 Å². The van der Waals surface area contributed by atoms with Gasteiger partial charge < -0.3 is 5.73 Å². The fraction of sp³-hybridized carbons (Fsp3) is 0.133. The zero-order chi connectivity index (χ0) is 19.2. The summed E-state index contributed by atoms with van der Waals surface area (Å²) in [5, 5.41) is 11.1. The normalized spacial score (nSPS) is 10.4. The van der Waals surface area contributed by atoms with Gasteiger partial charge in [-0.15, -0.1) is 11.3 Å². The Morgan fingerprint density at radius 3 is 2.40 bits per heavy atom. The van der Waals surface area contributed by atoms with E-state index in [0.717, 1.165) is 11.1 Å². The molecule has 1 amide bonds. The van der Waals surface area contributed by atoms with Gasteiger partial charge in [-0.2, -0.15) is 8.42 Å². The van der Waals surface area contributed by atoms with Gasteiger partial charge in [0.05, 0.1) is 11.1 Å². The van der Waals surface area contributed by atoms with E-state index in [4.69, 9.17) is 15.7 Å². The van der Waals surface area contributed by atoms with Crippen LogP contribution in [-0.2, 0) is 10.1 Å². The molecular weight excluding hydrogens is 366 g/mol. The summed E-state index contributed by atoms with van der Waals surface area (Å²) in [5.41, 5.74) is 7.11. The van der Waals surface area contributed by atoms with Crippen molar-refractivity contribution >= 4 is 39.1 Å². The molecule has 25 heavy (non-hydrogen) atoms. The highest BCUT2D eigenvalue weighted by Crippen LogP contribution is 2.29. The maximum absolute atomic E-state index is 11.8. The van der Waals surface area contributed by atoms with Crippen molar-refractivity contribution < 1.29 is 22.6 Å². The van der Waals surface area contributed by atoms with Crippen LogP contribution in [0.5, 0.6) is 0 Å². The van der Waals surface area contributed by atoms with Crippen LogP contribution in [0.1, 0.15) is 27.0 Å². The predicted molar refractivity (Wildman–Crippen MR) is 96.6 cm³/mol. The Kier molecular flexibility index (Phi) is 6.97. The summed E-state index contributed by atoms with van der Waals surface area (Å²) >= 11 is 1.37. The van der Waals surface area contributed by atoms with Crippen LogP contribution in [0.25, 0.3) is 11.1 Å². The topological polar surface area (TPSA) is 150 Å². The SMILES string of the molecule is CC(=O)c1sccc1-c1cccc(C(=O)NC(=N)N)c1.CS(=O)(=O)O. The van der Waals surface area contributed by atoms with Crippen LogP contribution in [0.2, 0.25) is 0 Å². The van der Waals surface area contributed by atoms with Crippen LogP contribution >= 0.6 is 11.3 Å². The van der Waals surface area contributed by atoms with E-state index < -0.39 is 22.0 Å². The summed E-state index contributed by atoms with van der Waals surface area (Å²) in [7, 11) is -3.67. The lowest BCUT2D eigenvalue weighted by molar-refractivity contribution is 0.0975. The van der Waals surface area contributed by atoms with Crippen molar-refractivity contribution in [2.75, 3.05) is 6.26 Å². The van der Waals surface area contributed by atoms with Crippen molar-refractivity contribution in [3.63, 3.8) is 0 Å². The van der Waals surface area contributed by atoms with Crippen molar-refractivity contribution in [1.82, 2.24) is 5.32 Å². The number of hydrogen-bond acceptors (Lipinski definition) is 6. The Morgan fingerprint density at radius 2 is 1.88 bits per heavy atom. The number of guanidine groups is 1. The van der Waals surface area contributed by atoms with Gasteiger partial charge in [0.1, 0.15) is 0 Å². The summed E-state index contributed by atoms with van der Waals surface area (Å²) < 4.78 is 25.9. The van der Waals surface area contributed by atoms with Crippen LogP contribution in [0, 0.1) is 5.41 Å². The highest BCUT2D eigenvalue weighted by Gasteiger charge is 2.13. The molecule has 2 aromatic rings. The van der Waals surface area contributed by atoms with Crippen molar-refractivity contribution in [3.05, 3.63) is 46.2 Å². The monoisotopic (exact) mass is 383 g/mol. The molecule has 0 aliphatic heterocycles. The Morgan fingerprint density at radius 1 is 1.28 bits per heavy atom. The Labute approximate surface area is 148 Å². The number of benzene rings is 1. The molecule has 0 fully saturated rings. The second kappa shape index (κ2) is 8.51. The minimum absolute atomic E-state index is 0.00593. The van der Waals surface area contributed by atoms with Gasteiger partial charge >= 0.3 is 0 Å². The van der Waals surface area contributed by atoms with Crippen LogP contribution in [0.4, 0.5) is 0 Å². The van der Waals surface area contributed by atoms with E-state index in [2.05, 4.69) is 5.32 Å². The third-order valence-corrected chi connectivity index (χ3v) is 3.68. The summed E-state index contributed by atoms with van der Waals surface area (Å²) in [4.78, 5) is 24.0. The molecule has 0 saturated heterocycles. The lowest BCUT2D eigenvalue weighted by Crippen LogP contribution is -2.35. The molecule has 0 bridgehead atoms. The summed E-state index contributed by atoms with van der Waals surface area (Å²) in [6.45, 7) is 1.52. The zero-order valence-electron chi connectivity index (χ0n) is 13.4. The number of hydrogen-bond donors (Lipinski definition) is 4. The van der Waals surface area contributed by atoms with Crippen LogP contribution in [0.3, 0.4) is 0 Å². The lowest BCUT2D eigenvalue weighted by Gasteiger charge is -2.06. The van der Waals surface area contributed by atoms with Crippen LogP contribution < -0.4 is 11.1 Å².